The molecule has 1 aromatic carbocycles. The first kappa shape index (κ1) is 14.2. The van der Waals surface area contributed by atoms with Gasteiger partial charge in [-0.15, -0.1) is 0 Å². The van der Waals surface area contributed by atoms with Crippen LogP contribution >= 0.6 is 0 Å². The second-order valence-corrected chi connectivity index (χ2v) is 4.92. The Balaban J connectivity index is 2.17. The molecule has 1 heterocycles. The highest BCUT2D eigenvalue weighted by molar-refractivity contribution is 5.52. The molecule has 0 fully saturated rings. The summed E-state index contributed by atoms with van der Waals surface area (Å²) in [5.41, 5.74) is 3.20. The van der Waals surface area contributed by atoms with Crippen LogP contribution in [0.25, 0.3) is 0 Å². The number of benzene rings is 1. The predicted octanol–water partition coefficient (Wildman–Crippen LogP) is 3.03. The van der Waals surface area contributed by atoms with Gasteiger partial charge in [0, 0.05) is 26.3 Å². The van der Waals surface area contributed by atoms with Crippen LogP contribution in [0, 0.1) is 6.92 Å². The smallest absolute Gasteiger partial charge is 0.370 e. The molecule has 1 aromatic heterocycles. The molecule has 0 radical (unpaired) electrons. The number of hydrogen-bond donors (Lipinski definition) is 0. The number of rotatable bonds is 4. The molecule has 0 saturated carbocycles. The lowest BCUT2D eigenvalue weighted by atomic mass is 10.2. The van der Waals surface area contributed by atoms with Gasteiger partial charge < -0.3 is 4.90 Å². The highest BCUT2D eigenvalue weighted by atomic mass is 15.4. The van der Waals surface area contributed by atoms with E-state index in [9.17, 15) is 0 Å². The molecule has 0 atom stereocenters. The zero-order valence-electron chi connectivity index (χ0n) is 12.8. The van der Waals surface area contributed by atoms with Crippen molar-refractivity contribution in [3.05, 3.63) is 36.0 Å². The van der Waals surface area contributed by atoms with Crippen LogP contribution in [0.3, 0.4) is 0 Å². The minimum absolute atomic E-state index is 0.847. The van der Waals surface area contributed by atoms with Crippen molar-refractivity contribution in [2.24, 2.45) is 24.3 Å². The average molecular weight is 272 g/mol. The Morgan fingerprint density at radius 1 is 1.20 bits per heavy atom. The third-order valence-corrected chi connectivity index (χ3v) is 3.66. The van der Waals surface area contributed by atoms with Gasteiger partial charge in [0.25, 0.3) is 0 Å². The standard InChI is InChI=1S/C15H22N5/c1-6-18(3)14-9-7-13(8-10-14)16-17-15-11-12(2)19(4)20(15)5/h7-11H,6H2,1-5H3/q+1. The van der Waals surface area contributed by atoms with E-state index in [0.717, 1.165) is 23.7 Å². The van der Waals surface area contributed by atoms with E-state index in [1.165, 1.54) is 5.69 Å². The van der Waals surface area contributed by atoms with Crippen LogP contribution in [0.1, 0.15) is 12.6 Å². The molecule has 0 spiro atoms. The zero-order chi connectivity index (χ0) is 14.7. The third-order valence-electron chi connectivity index (χ3n) is 3.66. The Morgan fingerprint density at radius 3 is 2.35 bits per heavy atom. The molecular weight excluding hydrogens is 250 g/mol. The van der Waals surface area contributed by atoms with Gasteiger partial charge in [-0.05, 0) is 43.2 Å². The molecule has 106 valence electrons. The first-order valence-corrected chi connectivity index (χ1v) is 6.78. The monoisotopic (exact) mass is 272 g/mol. The van der Waals surface area contributed by atoms with E-state index in [1.54, 1.807) is 0 Å². The maximum atomic E-state index is 4.31. The van der Waals surface area contributed by atoms with Crippen molar-refractivity contribution < 1.29 is 4.68 Å². The van der Waals surface area contributed by atoms with Crippen LogP contribution < -0.4 is 9.58 Å². The molecule has 0 aliphatic carbocycles. The summed E-state index contributed by atoms with van der Waals surface area (Å²) in [7, 11) is 6.05. The van der Waals surface area contributed by atoms with Crippen molar-refractivity contribution in [3.63, 3.8) is 0 Å². The quantitative estimate of drug-likeness (QED) is 0.622. The number of anilines is 1. The Labute approximate surface area is 120 Å². The van der Waals surface area contributed by atoms with E-state index in [-0.39, 0.29) is 0 Å². The zero-order valence-corrected chi connectivity index (χ0v) is 12.8. The van der Waals surface area contributed by atoms with Crippen LogP contribution in [0.4, 0.5) is 17.2 Å². The van der Waals surface area contributed by atoms with E-state index in [0.29, 0.717) is 0 Å². The number of hydrogen-bond acceptors (Lipinski definition) is 3. The number of aryl methyl sites for hydroxylation is 1. The fourth-order valence-corrected chi connectivity index (χ4v) is 1.92. The van der Waals surface area contributed by atoms with Crippen LogP contribution in [-0.4, -0.2) is 18.3 Å². The Kier molecular flexibility index (Phi) is 4.17. The molecule has 0 amide bonds. The maximum Gasteiger partial charge on any atom is 0.370 e. The average Bonchev–Trinajstić information content (AvgIpc) is 2.72. The lowest BCUT2D eigenvalue weighted by Gasteiger charge is -2.15. The molecule has 0 bridgehead atoms. The fraction of sp³-hybridized carbons (Fsp3) is 0.400. The van der Waals surface area contributed by atoms with Crippen molar-refractivity contribution in [2.75, 3.05) is 18.5 Å². The Morgan fingerprint density at radius 2 is 1.85 bits per heavy atom. The molecule has 5 nitrogen and oxygen atoms in total. The van der Waals surface area contributed by atoms with E-state index in [1.807, 2.05) is 48.6 Å². The molecule has 0 unspecified atom stereocenters. The van der Waals surface area contributed by atoms with Crippen LogP contribution in [-0.2, 0) is 14.1 Å². The summed E-state index contributed by atoms with van der Waals surface area (Å²) >= 11 is 0. The van der Waals surface area contributed by atoms with Crippen LogP contribution in [0.5, 0.6) is 0 Å². The summed E-state index contributed by atoms with van der Waals surface area (Å²) in [4.78, 5) is 2.18. The summed E-state index contributed by atoms with van der Waals surface area (Å²) in [5.74, 6) is 0.847. The highest BCUT2D eigenvalue weighted by Crippen LogP contribution is 2.20. The lowest BCUT2D eigenvalue weighted by molar-refractivity contribution is -0.740. The minimum Gasteiger partial charge on any atom is -0.375 e. The van der Waals surface area contributed by atoms with Gasteiger partial charge in [-0.25, -0.2) is 4.68 Å². The highest BCUT2D eigenvalue weighted by Gasteiger charge is 2.13. The normalized spacial score (nSPS) is 11.2. The molecule has 0 aliphatic rings. The number of aromatic nitrogens is 2. The van der Waals surface area contributed by atoms with Crippen molar-refractivity contribution in [3.8, 4) is 0 Å². The molecule has 2 rings (SSSR count). The van der Waals surface area contributed by atoms with Crippen molar-refractivity contribution in [1.82, 2.24) is 4.68 Å². The van der Waals surface area contributed by atoms with E-state index >= 15 is 0 Å². The van der Waals surface area contributed by atoms with Crippen molar-refractivity contribution in [1.29, 1.82) is 0 Å². The predicted molar refractivity (Wildman–Crippen MR) is 80.9 cm³/mol. The molecule has 5 heteroatoms. The van der Waals surface area contributed by atoms with Gasteiger partial charge >= 0.3 is 5.82 Å². The van der Waals surface area contributed by atoms with Gasteiger partial charge in [-0.1, -0.05) is 0 Å². The first-order chi connectivity index (χ1) is 9.52. The van der Waals surface area contributed by atoms with Gasteiger partial charge in [0.1, 0.15) is 12.7 Å². The largest absolute Gasteiger partial charge is 0.375 e. The lowest BCUT2D eigenvalue weighted by Crippen LogP contribution is -2.37. The second kappa shape index (κ2) is 5.86. The van der Waals surface area contributed by atoms with Gasteiger partial charge in [-0.3, -0.25) is 0 Å². The second-order valence-electron chi connectivity index (χ2n) is 4.92. The van der Waals surface area contributed by atoms with E-state index in [4.69, 9.17) is 0 Å². The minimum atomic E-state index is 0.847. The van der Waals surface area contributed by atoms with E-state index in [2.05, 4.69) is 41.2 Å². The Hall–Kier alpha value is -2.17. The SMILES string of the molecule is CCN(C)c1ccc(N=Nc2cc(C)n(C)[n+]2C)cc1. The van der Waals surface area contributed by atoms with Crippen LogP contribution in [0.15, 0.2) is 40.6 Å². The fourth-order valence-electron chi connectivity index (χ4n) is 1.92. The van der Waals surface area contributed by atoms with Gasteiger partial charge in [-0.2, -0.15) is 4.68 Å². The molecule has 20 heavy (non-hydrogen) atoms. The molecule has 0 saturated heterocycles. The Bertz CT molecular complexity index is 610. The summed E-state index contributed by atoms with van der Waals surface area (Å²) in [6.45, 7) is 5.17. The van der Waals surface area contributed by atoms with E-state index < -0.39 is 0 Å². The van der Waals surface area contributed by atoms with Crippen LogP contribution in [0.2, 0.25) is 0 Å². The topological polar surface area (TPSA) is 36.8 Å². The third kappa shape index (κ3) is 2.87. The molecule has 2 aromatic rings. The molecule has 0 N–H and O–H groups in total. The summed E-state index contributed by atoms with van der Waals surface area (Å²) in [6, 6.07) is 10.1. The first-order valence-electron chi connectivity index (χ1n) is 6.78. The summed E-state index contributed by atoms with van der Waals surface area (Å²) < 4.78 is 4.01. The molecule has 0 aliphatic heterocycles. The number of azo groups is 1. The van der Waals surface area contributed by atoms with Gasteiger partial charge in [0.05, 0.1) is 16.9 Å². The van der Waals surface area contributed by atoms with Gasteiger partial charge in [0.15, 0.2) is 0 Å². The van der Waals surface area contributed by atoms with Crippen molar-refractivity contribution in [2.45, 2.75) is 13.8 Å². The van der Waals surface area contributed by atoms with Crippen molar-refractivity contribution >= 4 is 17.2 Å². The number of nitrogens with zero attached hydrogens (tertiary/aromatic N) is 5. The molecular formula is C15H22N5+. The summed E-state index contributed by atoms with van der Waals surface area (Å²) in [5, 5.41) is 8.60. The summed E-state index contributed by atoms with van der Waals surface area (Å²) in [6.07, 6.45) is 0. The van der Waals surface area contributed by atoms with Gasteiger partial charge in [0.2, 0.25) is 0 Å². The maximum absolute atomic E-state index is 4.31.